The maximum absolute atomic E-state index is 13.0. The Balaban J connectivity index is 0.919. The van der Waals surface area contributed by atoms with E-state index in [-0.39, 0.29) is 44.2 Å². The second kappa shape index (κ2) is 21.0. The number of nitrogens with zero attached hydrogens (tertiary/aromatic N) is 2. The van der Waals surface area contributed by atoms with Gasteiger partial charge >= 0.3 is 0 Å². The van der Waals surface area contributed by atoms with E-state index in [1.165, 1.54) is 13.8 Å². The SMILES string of the molecule is CC(=O)N[C@H]1[C@@H](OCc2ccccc2)O[C@H](CO)[C@@H](O)[C@@H]1OCC(=O)N[C@H](C)C(=O)N[C@H](CCC(=O)NCCC(=O)Nc1ccc2c(c1)CN1C(=O)c3ccccc3C1=N2)C(N)=O. The number of rotatable bonds is 19. The van der Waals surface area contributed by atoms with Gasteiger partial charge in [-0.25, -0.2) is 4.99 Å². The highest BCUT2D eigenvalue weighted by molar-refractivity contribution is 6.24. The van der Waals surface area contributed by atoms with E-state index in [1.54, 1.807) is 59.5 Å². The van der Waals surface area contributed by atoms with Crippen LogP contribution in [-0.4, -0.2) is 125 Å². The van der Waals surface area contributed by atoms with Gasteiger partial charge in [0.2, 0.25) is 35.4 Å². The Bertz CT molecular complexity index is 2240. The summed E-state index contributed by atoms with van der Waals surface area (Å²) in [7, 11) is 0. The van der Waals surface area contributed by atoms with Gasteiger partial charge in [0.25, 0.3) is 5.91 Å². The van der Waals surface area contributed by atoms with Gasteiger partial charge in [-0.15, -0.1) is 0 Å². The summed E-state index contributed by atoms with van der Waals surface area (Å²) >= 11 is 0. The molecular weight excluding hydrogens is 821 g/mol. The van der Waals surface area contributed by atoms with Crippen LogP contribution in [0.1, 0.15) is 60.2 Å². The number of aliphatic imine (C=N–C) groups is 1. The predicted molar refractivity (Wildman–Crippen MR) is 224 cm³/mol. The lowest BCUT2D eigenvalue weighted by Crippen LogP contribution is -2.65. The Hall–Kier alpha value is -6.58. The number of aliphatic hydroxyl groups excluding tert-OH is 2. The maximum Gasteiger partial charge on any atom is 0.260 e. The standard InChI is InChI=1S/C43H50N8O12/c1-23(46-35(56)22-61-38-36(47-24(2)53)43(63-32(20-52)37(38)57)62-21-25-8-4-3-5-9-25)41(59)50-31(39(44)58)14-15-33(54)45-17-16-34(55)48-27-12-13-30-26(18-27)19-51-40(49-30)28-10-6-7-11-29(28)42(51)60/h3-13,18,23,31-32,36-38,43,52,57H,14-17,19-22H2,1-2H3,(H2,44,58)(H,45,54)(H,46,56)(H,47,53)(H,48,55)(H,50,59)/t23-,31-,32-,36-,37-,38-,43+/m1/s1. The monoisotopic (exact) mass is 870 g/mol. The molecule has 3 aromatic carbocycles. The molecule has 0 spiro atoms. The Morgan fingerprint density at radius 2 is 1.67 bits per heavy atom. The van der Waals surface area contributed by atoms with Gasteiger partial charge in [-0.3, -0.25) is 38.5 Å². The van der Waals surface area contributed by atoms with Gasteiger partial charge in [0.15, 0.2) is 6.29 Å². The van der Waals surface area contributed by atoms with Crippen LogP contribution >= 0.6 is 0 Å². The van der Waals surface area contributed by atoms with Crippen molar-refractivity contribution in [1.82, 2.24) is 26.2 Å². The zero-order valence-electron chi connectivity index (χ0n) is 34.6. The van der Waals surface area contributed by atoms with Crippen molar-refractivity contribution >= 4 is 58.6 Å². The number of nitrogens with two attached hydrogens (primary N) is 1. The van der Waals surface area contributed by atoms with Crippen molar-refractivity contribution in [3.05, 3.63) is 95.1 Å². The van der Waals surface area contributed by atoms with Gasteiger partial charge in [-0.2, -0.15) is 0 Å². The lowest BCUT2D eigenvalue weighted by atomic mass is 9.96. The normalized spacial score (nSPS) is 20.8. The smallest absolute Gasteiger partial charge is 0.260 e. The highest BCUT2D eigenvalue weighted by Crippen LogP contribution is 2.35. The number of fused-ring (bicyclic) bond motifs is 4. The van der Waals surface area contributed by atoms with Crippen LogP contribution in [-0.2, 0) is 56.1 Å². The first kappa shape index (κ1) is 45.9. The summed E-state index contributed by atoms with van der Waals surface area (Å²) in [5, 5.41) is 33.6. The Kier molecular flexibility index (Phi) is 15.3. The van der Waals surface area contributed by atoms with Crippen LogP contribution in [0.15, 0.2) is 77.8 Å². The fourth-order valence-corrected chi connectivity index (χ4v) is 7.26. The van der Waals surface area contributed by atoms with Crippen molar-refractivity contribution in [2.45, 2.75) is 89.0 Å². The van der Waals surface area contributed by atoms with Crippen LogP contribution in [0, 0.1) is 0 Å². The molecule has 20 heteroatoms. The molecule has 0 aromatic heterocycles. The summed E-state index contributed by atoms with van der Waals surface area (Å²) in [5.41, 5.74) is 9.58. The highest BCUT2D eigenvalue weighted by atomic mass is 16.7. The molecule has 63 heavy (non-hydrogen) atoms. The molecule has 7 atom stereocenters. The van der Waals surface area contributed by atoms with Gasteiger partial charge in [0.05, 0.1) is 31.0 Å². The molecule has 0 aliphatic carbocycles. The van der Waals surface area contributed by atoms with Crippen LogP contribution in [0.2, 0.25) is 0 Å². The molecule has 3 aliphatic heterocycles. The number of nitrogens with one attached hydrogen (secondary N) is 5. The quantitative estimate of drug-likeness (QED) is 0.0766. The molecule has 20 nitrogen and oxygen atoms in total. The van der Waals surface area contributed by atoms with Gasteiger partial charge in [-0.05, 0) is 48.7 Å². The minimum Gasteiger partial charge on any atom is -0.394 e. The topological polar surface area (TPSA) is 289 Å². The number of hydrogen-bond acceptors (Lipinski definition) is 13. The number of carbonyl (C=O) groups excluding carboxylic acids is 7. The lowest BCUT2D eigenvalue weighted by molar-refractivity contribution is -0.279. The number of primary amides is 1. The fourth-order valence-electron chi connectivity index (χ4n) is 7.26. The van der Waals surface area contributed by atoms with Crippen LogP contribution in [0.4, 0.5) is 11.4 Å². The lowest BCUT2D eigenvalue weighted by Gasteiger charge is -2.44. The minimum absolute atomic E-state index is 0.0268. The van der Waals surface area contributed by atoms with E-state index in [0.717, 1.165) is 16.7 Å². The minimum atomic E-state index is -1.49. The summed E-state index contributed by atoms with van der Waals surface area (Å²) in [6, 6.07) is 17.9. The van der Waals surface area contributed by atoms with Gasteiger partial charge in [-0.1, -0.05) is 48.5 Å². The van der Waals surface area contributed by atoms with E-state index >= 15 is 0 Å². The van der Waals surface area contributed by atoms with Crippen LogP contribution in [0.25, 0.3) is 0 Å². The predicted octanol–water partition coefficient (Wildman–Crippen LogP) is -0.381. The largest absolute Gasteiger partial charge is 0.394 e. The van der Waals surface area contributed by atoms with Crippen molar-refractivity contribution < 1.29 is 58.0 Å². The van der Waals surface area contributed by atoms with Gasteiger partial charge in [0, 0.05) is 37.6 Å². The molecule has 0 radical (unpaired) electrons. The van der Waals surface area contributed by atoms with Crippen molar-refractivity contribution in [3.63, 3.8) is 0 Å². The van der Waals surface area contributed by atoms with E-state index in [1.807, 2.05) is 18.2 Å². The van der Waals surface area contributed by atoms with E-state index in [2.05, 4.69) is 31.6 Å². The molecule has 1 saturated heterocycles. The highest BCUT2D eigenvalue weighted by Gasteiger charge is 2.47. The zero-order valence-corrected chi connectivity index (χ0v) is 34.6. The molecule has 1 fully saturated rings. The Morgan fingerprint density at radius 3 is 2.38 bits per heavy atom. The Morgan fingerprint density at radius 1 is 0.937 bits per heavy atom. The van der Waals surface area contributed by atoms with Crippen molar-refractivity contribution in [2.75, 3.05) is 25.1 Å². The van der Waals surface area contributed by atoms with Crippen molar-refractivity contribution in [3.8, 4) is 0 Å². The summed E-state index contributed by atoms with van der Waals surface area (Å²) in [6.07, 6.45) is -5.63. The van der Waals surface area contributed by atoms with Crippen LogP contribution < -0.4 is 32.3 Å². The number of carbonyl (C=O) groups is 7. The molecule has 0 unspecified atom stereocenters. The molecule has 7 amide bonds. The molecule has 3 aromatic rings. The van der Waals surface area contributed by atoms with Crippen molar-refractivity contribution in [2.24, 2.45) is 10.7 Å². The second-order valence-corrected chi connectivity index (χ2v) is 15.2. The summed E-state index contributed by atoms with van der Waals surface area (Å²) in [5.74, 6) is -3.48. The van der Waals surface area contributed by atoms with Gasteiger partial charge in [0.1, 0.15) is 48.9 Å². The third kappa shape index (κ3) is 11.7. The van der Waals surface area contributed by atoms with Crippen molar-refractivity contribution in [1.29, 1.82) is 0 Å². The number of benzene rings is 3. The van der Waals surface area contributed by atoms with Crippen LogP contribution in [0.3, 0.4) is 0 Å². The molecule has 6 rings (SSSR count). The summed E-state index contributed by atoms with van der Waals surface area (Å²) < 4.78 is 17.3. The third-order valence-corrected chi connectivity index (χ3v) is 10.5. The molecule has 334 valence electrons. The molecule has 0 saturated carbocycles. The first-order chi connectivity index (χ1) is 30.2. The molecule has 3 aliphatic rings. The second-order valence-electron chi connectivity index (χ2n) is 15.2. The molecular formula is C43H50N8O12. The van der Waals surface area contributed by atoms with E-state index < -0.39 is 85.5 Å². The number of amidine groups is 1. The Labute approximate surface area is 361 Å². The number of ether oxygens (including phenoxy) is 3. The number of aliphatic hydroxyl groups is 2. The average molecular weight is 871 g/mol. The summed E-state index contributed by atoms with van der Waals surface area (Å²) in [6.45, 7) is 1.57. The number of amides is 7. The summed E-state index contributed by atoms with van der Waals surface area (Å²) in [4.78, 5) is 94.7. The maximum atomic E-state index is 13.0. The van der Waals surface area contributed by atoms with E-state index in [9.17, 15) is 43.8 Å². The number of anilines is 1. The van der Waals surface area contributed by atoms with Gasteiger partial charge < -0.3 is 56.7 Å². The molecule has 3 heterocycles. The fraction of sp³-hybridized carbons (Fsp3) is 0.395. The molecule has 0 bridgehead atoms. The van der Waals surface area contributed by atoms with Crippen LogP contribution in [0.5, 0.6) is 0 Å². The van der Waals surface area contributed by atoms with E-state index in [4.69, 9.17) is 19.9 Å². The molecule has 9 N–H and O–H groups in total. The van der Waals surface area contributed by atoms with E-state index in [0.29, 0.717) is 29.3 Å². The third-order valence-electron chi connectivity index (χ3n) is 10.5. The first-order valence-corrected chi connectivity index (χ1v) is 20.3. The zero-order chi connectivity index (χ0) is 45.2. The first-order valence-electron chi connectivity index (χ1n) is 20.3. The average Bonchev–Trinajstić information content (AvgIpc) is 3.53. The number of hydrogen-bond donors (Lipinski definition) is 8.